The van der Waals surface area contributed by atoms with E-state index in [4.69, 9.17) is 0 Å². The maximum Gasteiger partial charge on any atom is 0.252 e. The molecule has 0 amide bonds. The Balaban J connectivity index is 0.792. The van der Waals surface area contributed by atoms with E-state index in [0.29, 0.717) is 0 Å². The number of hydrogen-bond donors (Lipinski definition) is 0. The summed E-state index contributed by atoms with van der Waals surface area (Å²) < 4.78 is 0. The van der Waals surface area contributed by atoms with Gasteiger partial charge in [0.2, 0.25) is 0 Å². The highest BCUT2D eigenvalue weighted by Crippen LogP contribution is 2.63. The molecular formula is C135H162B2N4. The highest BCUT2D eigenvalue weighted by Gasteiger charge is 2.56. The van der Waals surface area contributed by atoms with Gasteiger partial charge in [-0.1, -0.05) is 344 Å². The fourth-order valence-corrected chi connectivity index (χ4v) is 29.8. The predicted octanol–water partition coefficient (Wildman–Crippen LogP) is 33.1. The van der Waals surface area contributed by atoms with E-state index in [1.54, 1.807) is 5.56 Å². The van der Waals surface area contributed by atoms with Crippen molar-refractivity contribution in [2.75, 3.05) is 19.6 Å². The fourth-order valence-electron chi connectivity index (χ4n) is 29.8. The molecule has 4 heterocycles. The second kappa shape index (κ2) is 30.6. The summed E-state index contributed by atoms with van der Waals surface area (Å²) in [7, 11) is 0. The van der Waals surface area contributed by atoms with E-state index in [-0.39, 0.29) is 100 Å². The summed E-state index contributed by atoms with van der Waals surface area (Å²) in [6.45, 7) is 88.1. The van der Waals surface area contributed by atoms with Crippen LogP contribution in [-0.4, -0.2) is 13.4 Å². The minimum Gasteiger partial charge on any atom is -0.311 e. The van der Waals surface area contributed by atoms with Crippen LogP contribution in [0.3, 0.4) is 0 Å². The standard InChI is InChI=1S/C135H162B2N4/c1-81-62-92-97(127(19,20)56-54-124(92,13)14)74-109(81)141-112-77-100-96(131(27,28)80-133(100,31)32)72-105(112)136-103-65-86(134(33,34)84-44-40-37-41-45-84)47-51-108(103)138(89-48-49-91-94(70-89)125(15,16)53-52-123(91,11)12)114-68-88(69-117(141)118(114)136)122(9,10)58-60-135(35)61-59-129(23,24)101-78-113-106(73-102(101)135)137-104-71-95-98(128(21,22)57-55-126(95,17)18)76-111(104)139(107-50-46-85(120(3,4)5)64-90(107)83-42-38-36-39-43-83)115-66-87(121(6,7)8)67-116(119(115)137)140(113)110-75-99-93(63-82(110)2)130(25,26)79-132(99,29)30/h36-51,62-78H,52-61,79-80H2,1-35H3. The van der Waals surface area contributed by atoms with Crippen molar-refractivity contribution >= 4 is 114 Å². The van der Waals surface area contributed by atoms with Crippen LogP contribution in [0.4, 0.5) is 68.2 Å². The molecule has 4 nitrogen and oxygen atoms in total. The van der Waals surface area contributed by atoms with Gasteiger partial charge in [0, 0.05) is 73.5 Å². The van der Waals surface area contributed by atoms with Crippen molar-refractivity contribution in [1.82, 2.24) is 0 Å². The van der Waals surface area contributed by atoms with Crippen molar-refractivity contribution in [1.29, 1.82) is 0 Å². The SMILES string of the molecule is Cc1cc2c(cc1N1c3cc4c(cc3B3c5cc(C(C)(C)c6ccccc6)ccc5N(c5ccc6c(c5)C(C)(C)CCC6(C)C)c5cc(C(C)(C)CCC6(C)CCC(C)(C)c7cc8c(cc76)B6c7cc9c(cc7N(c7ccc(C(C)(C)C)cc7-c7ccccc7)c7cc(C(C)(C)C)cc(c76)N8c6cc7c(cc6C)C(C)(C)CC7(C)C)C(C)(C)CCC9(C)C)cc1c53)C(C)(C)CC4(C)C)C(C)(C)CCC2(C)C. The molecule has 1 atom stereocenters. The molecule has 0 saturated carbocycles. The lowest BCUT2D eigenvalue weighted by molar-refractivity contribution is 0.272. The van der Waals surface area contributed by atoms with Crippen molar-refractivity contribution in [2.45, 2.75) is 406 Å². The Labute approximate surface area is 851 Å². The molecule has 0 bridgehead atoms. The summed E-state index contributed by atoms with van der Waals surface area (Å²) in [5.41, 5.74) is 52.5. The Kier molecular flexibility index (Phi) is 20.8. The highest BCUT2D eigenvalue weighted by atomic mass is 15.2. The molecule has 12 aromatic carbocycles. The molecule has 141 heavy (non-hydrogen) atoms. The summed E-state index contributed by atoms with van der Waals surface area (Å²) in [5, 5.41) is 0. The first-order chi connectivity index (χ1) is 65.5. The normalized spacial score (nSPS) is 21.2. The van der Waals surface area contributed by atoms with Gasteiger partial charge in [-0.2, -0.15) is 0 Å². The van der Waals surface area contributed by atoms with Crippen molar-refractivity contribution < 1.29 is 0 Å². The molecule has 0 radical (unpaired) electrons. The van der Waals surface area contributed by atoms with Crippen LogP contribution in [0.25, 0.3) is 11.1 Å². The Morgan fingerprint density at radius 2 is 0.589 bits per heavy atom. The first-order valence-corrected chi connectivity index (χ1v) is 54.5. The molecule has 6 heteroatoms. The second-order valence-corrected chi connectivity index (χ2v) is 57.4. The van der Waals surface area contributed by atoms with E-state index in [9.17, 15) is 0 Å². The summed E-state index contributed by atoms with van der Waals surface area (Å²) in [4.78, 5) is 11.4. The Bertz CT molecular complexity index is 7290. The quantitative estimate of drug-likeness (QED) is 0.120. The minimum atomic E-state index is -0.354. The van der Waals surface area contributed by atoms with Crippen LogP contribution in [-0.2, 0) is 86.6 Å². The highest BCUT2D eigenvalue weighted by molar-refractivity contribution is 7.01. The Hall–Kier alpha value is -10.0. The van der Waals surface area contributed by atoms with Gasteiger partial charge in [-0.25, -0.2) is 0 Å². The van der Waals surface area contributed by atoms with Crippen LogP contribution in [0.5, 0.6) is 0 Å². The van der Waals surface area contributed by atoms with Crippen LogP contribution in [0.1, 0.15) is 411 Å². The maximum atomic E-state index is 2.90. The molecular weight excluding hydrogens is 1700 g/mol. The number of benzene rings is 12. The number of rotatable bonds is 11. The monoisotopic (exact) mass is 1860 g/mol. The van der Waals surface area contributed by atoms with Gasteiger partial charge in [0.15, 0.2) is 0 Å². The third-order valence-electron chi connectivity index (χ3n) is 39.2. The van der Waals surface area contributed by atoms with Gasteiger partial charge in [0.1, 0.15) is 0 Å². The van der Waals surface area contributed by atoms with Crippen LogP contribution in [0, 0.1) is 13.8 Å². The van der Waals surface area contributed by atoms with Crippen molar-refractivity contribution in [2.24, 2.45) is 0 Å². The fraction of sp³-hybridized carbons (Fsp3) is 0.467. The van der Waals surface area contributed by atoms with Gasteiger partial charge in [0.05, 0.1) is 5.69 Å². The van der Waals surface area contributed by atoms with E-state index in [1.807, 2.05) is 0 Å². The van der Waals surface area contributed by atoms with Gasteiger partial charge >= 0.3 is 0 Å². The molecule has 728 valence electrons. The first kappa shape index (κ1) is 95.8. The number of fused-ring (bicyclic) bond motifs is 14. The van der Waals surface area contributed by atoms with Gasteiger partial charge < -0.3 is 19.6 Å². The number of hydrogen-bond acceptors (Lipinski definition) is 4. The van der Waals surface area contributed by atoms with E-state index in [1.165, 1.54) is 219 Å². The molecule has 6 aliphatic carbocycles. The van der Waals surface area contributed by atoms with Gasteiger partial charge in [-0.05, 0) is 401 Å². The van der Waals surface area contributed by atoms with E-state index in [2.05, 4.69) is 462 Å². The van der Waals surface area contributed by atoms with Gasteiger partial charge in [0.25, 0.3) is 13.4 Å². The average molecular weight is 1860 g/mol. The Morgan fingerprint density at radius 1 is 0.248 bits per heavy atom. The molecule has 22 rings (SSSR count). The van der Waals surface area contributed by atoms with Crippen LogP contribution >= 0.6 is 0 Å². The first-order valence-electron chi connectivity index (χ1n) is 54.5. The van der Waals surface area contributed by atoms with E-state index < -0.39 is 0 Å². The van der Waals surface area contributed by atoms with E-state index >= 15 is 0 Å². The zero-order chi connectivity index (χ0) is 101. The van der Waals surface area contributed by atoms with Crippen LogP contribution in [0.2, 0.25) is 0 Å². The molecule has 0 spiro atoms. The third-order valence-corrected chi connectivity index (χ3v) is 39.2. The summed E-state index contributed by atoms with van der Waals surface area (Å²) >= 11 is 0. The summed E-state index contributed by atoms with van der Waals surface area (Å²) in [6.07, 6.45) is 13.2. The smallest absolute Gasteiger partial charge is 0.252 e. The predicted molar refractivity (Wildman–Crippen MR) is 611 cm³/mol. The molecule has 0 fully saturated rings. The zero-order valence-corrected chi connectivity index (χ0v) is 93.0. The van der Waals surface area contributed by atoms with Crippen molar-refractivity contribution in [3.63, 3.8) is 0 Å². The van der Waals surface area contributed by atoms with E-state index in [0.717, 1.165) is 70.6 Å². The van der Waals surface area contributed by atoms with Gasteiger partial charge in [-0.3, -0.25) is 0 Å². The maximum absolute atomic E-state index is 2.90. The lowest BCUT2D eigenvalue weighted by atomic mass is 9.32. The molecule has 1 unspecified atom stereocenters. The molecule has 4 aliphatic heterocycles. The Morgan fingerprint density at radius 3 is 1.05 bits per heavy atom. The number of anilines is 12. The average Bonchev–Trinajstić information content (AvgIpc) is 1.63. The lowest BCUT2D eigenvalue weighted by Gasteiger charge is -2.50. The molecule has 10 aliphatic rings. The second-order valence-electron chi connectivity index (χ2n) is 57.4. The largest absolute Gasteiger partial charge is 0.311 e. The van der Waals surface area contributed by atoms with Gasteiger partial charge in [-0.15, -0.1) is 0 Å². The zero-order valence-electron chi connectivity index (χ0n) is 93.0. The van der Waals surface area contributed by atoms with Crippen LogP contribution < -0.4 is 52.4 Å². The van der Waals surface area contributed by atoms with Crippen molar-refractivity contribution in [3.8, 4) is 11.1 Å². The third kappa shape index (κ3) is 14.6. The summed E-state index contributed by atoms with van der Waals surface area (Å²) in [6, 6.07) is 84.4. The lowest BCUT2D eigenvalue weighted by Crippen LogP contribution is -2.62. The molecule has 0 saturated heterocycles. The molecule has 12 aromatic rings. The molecule has 0 aromatic heterocycles. The van der Waals surface area contributed by atoms with Crippen LogP contribution in [0.15, 0.2) is 200 Å². The minimum absolute atomic E-state index is 0.0258. The topological polar surface area (TPSA) is 13.0 Å². The van der Waals surface area contributed by atoms with Crippen molar-refractivity contribution in [3.05, 3.63) is 306 Å². The number of nitrogens with zero attached hydrogens (tertiary/aromatic N) is 4. The number of aryl methyl sites for hydroxylation is 2. The summed E-state index contributed by atoms with van der Waals surface area (Å²) in [5.74, 6) is 0. The molecule has 0 N–H and O–H groups in total.